The average molecular weight is 424 g/mol. The summed E-state index contributed by atoms with van der Waals surface area (Å²) < 4.78 is 4.82. The number of rotatable bonds is 8. The van der Waals surface area contributed by atoms with Gasteiger partial charge in [0.2, 0.25) is 23.6 Å². The summed E-state index contributed by atoms with van der Waals surface area (Å²) in [5, 5.41) is 5.41. The second-order valence-electron chi connectivity index (χ2n) is 9.23. The maximum Gasteiger partial charge on any atom is 0.328 e. The highest BCUT2D eigenvalue weighted by Gasteiger charge is 2.49. The summed E-state index contributed by atoms with van der Waals surface area (Å²) in [4.78, 5) is 63.9. The Kier molecular flexibility index (Phi) is 7.60. The smallest absolute Gasteiger partial charge is 0.328 e. The zero-order chi connectivity index (χ0) is 22.6. The zero-order valence-electron chi connectivity index (χ0n) is 18.4. The molecule has 4 amide bonds. The molecule has 2 N–H and O–H groups in total. The van der Waals surface area contributed by atoms with Gasteiger partial charge in [0.25, 0.3) is 0 Å². The number of nitrogens with one attached hydrogen (secondary N) is 2. The van der Waals surface area contributed by atoms with Crippen LogP contribution in [-0.4, -0.2) is 60.2 Å². The molecule has 0 aliphatic carbocycles. The van der Waals surface area contributed by atoms with Crippen LogP contribution in [0.15, 0.2) is 0 Å². The first-order valence-corrected chi connectivity index (χ1v) is 10.5. The van der Waals surface area contributed by atoms with Crippen molar-refractivity contribution < 1.29 is 28.7 Å². The number of esters is 1. The fourth-order valence-electron chi connectivity index (χ4n) is 4.04. The largest absolute Gasteiger partial charge is 0.467 e. The predicted octanol–water partition coefficient (Wildman–Crippen LogP) is 0.760. The summed E-state index contributed by atoms with van der Waals surface area (Å²) in [5.41, 5.74) is -0.867. The molecule has 0 bridgehead atoms. The number of ether oxygens (including phenoxy) is 1. The minimum absolute atomic E-state index is 0.0331. The molecule has 2 aliphatic heterocycles. The molecule has 2 fully saturated rings. The lowest BCUT2D eigenvalue weighted by atomic mass is 9.91. The number of nitrogens with zero attached hydrogens (tertiary/aromatic N) is 1. The number of hydrogen-bond acceptors (Lipinski definition) is 6. The number of carbonyl (C=O) groups excluding carboxylic acids is 5. The van der Waals surface area contributed by atoms with Crippen LogP contribution in [0.25, 0.3) is 0 Å². The maximum atomic E-state index is 13.2. The second-order valence-corrected chi connectivity index (χ2v) is 9.23. The van der Waals surface area contributed by atoms with Gasteiger partial charge >= 0.3 is 5.97 Å². The van der Waals surface area contributed by atoms with Crippen LogP contribution in [-0.2, 0) is 28.7 Å². The molecule has 0 aromatic carbocycles. The van der Waals surface area contributed by atoms with E-state index in [2.05, 4.69) is 10.6 Å². The van der Waals surface area contributed by atoms with E-state index in [4.69, 9.17) is 4.74 Å². The van der Waals surface area contributed by atoms with E-state index in [-0.39, 0.29) is 31.1 Å². The molecule has 2 saturated heterocycles. The third-order valence-electron chi connectivity index (χ3n) is 5.69. The first kappa shape index (κ1) is 23.8. The summed E-state index contributed by atoms with van der Waals surface area (Å²) in [6.45, 7) is 7.73. The van der Waals surface area contributed by atoms with E-state index in [1.807, 2.05) is 13.8 Å². The summed E-state index contributed by atoms with van der Waals surface area (Å²) in [7, 11) is 1.21. The van der Waals surface area contributed by atoms with Crippen molar-refractivity contribution in [1.82, 2.24) is 15.5 Å². The van der Waals surface area contributed by atoms with Gasteiger partial charge < -0.3 is 15.4 Å². The van der Waals surface area contributed by atoms with Crippen LogP contribution in [0.1, 0.15) is 59.8 Å². The molecule has 0 aromatic heterocycles. The number of hydrogen-bond donors (Lipinski definition) is 2. The van der Waals surface area contributed by atoms with Gasteiger partial charge in [-0.05, 0) is 31.6 Å². The third kappa shape index (κ3) is 5.37. The standard InChI is InChI=1S/C21H33N3O6/c1-12(2)9-15(24-16(25)11-21(3,4)20(24)29)18(27)23-14(19(28)30-5)10-13-7-6-8-22-17(13)26/h12-15H,6-11H2,1-5H3,(H,22,26)(H,23,27)/t13-,14-,15-/m0/s1. The summed E-state index contributed by atoms with van der Waals surface area (Å²) in [6, 6.07) is -2.05. The molecule has 0 saturated carbocycles. The Morgan fingerprint density at radius 3 is 2.43 bits per heavy atom. The Bertz CT molecular complexity index is 718. The van der Waals surface area contributed by atoms with Crippen LogP contribution >= 0.6 is 0 Å². The van der Waals surface area contributed by atoms with E-state index in [0.29, 0.717) is 13.0 Å². The van der Waals surface area contributed by atoms with Gasteiger partial charge in [0.05, 0.1) is 12.5 Å². The second kappa shape index (κ2) is 9.57. The van der Waals surface area contributed by atoms with Gasteiger partial charge in [0.15, 0.2) is 0 Å². The molecule has 2 aliphatic rings. The highest BCUT2D eigenvalue weighted by molar-refractivity contribution is 6.08. The van der Waals surface area contributed by atoms with Crippen molar-refractivity contribution in [3.8, 4) is 0 Å². The molecule has 9 nitrogen and oxygen atoms in total. The van der Waals surface area contributed by atoms with Crippen LogP contribution < -0.4 is 10.6 Å². The third-order valence-corrected chi connectivity index (χ3v) is 5.69. The highest BCUT2D eigenvalue weighted by Crippen LogP contribution is 2.34. The van der Waals surface area contributed by atoms with Gasteiger partial charge in [0, 0.05) is 18.9 Å². The summed E-state index contributed by atoms with van der Waals surface area (Å²) >= 11 is 0. The van der Waals surface area contributed by atoms with Gasteiger partial charge in [-0.25, -0.2) is 4.79 Å². The monoisotopic (exact) mass is 423 g/mol. The molecule has 2 rings (SSSR count). The summed E-state index contributed by atoms with van der Waals surface area (Å²) in [6.07, 6.45) is 1.82. The Morgan fingerprint density at radius 2 is 1.93 bits per heavy atom. The van der Waals surface area contributed by atoms with Crippen molar-refractivity contribution in [2.75, 3.05) is 13.7 Å². The first-order chi connectivity index (χ1) is 14.0. The van der Waals surface area contributed by atoms with E-state index in [1.165, 1.54) is 7.11 Å². The van der Waals surface area contributed by atoms with Crippen molar-refractivity contribution >= 4 is 29.6 Å². The Hall–Kier alpha value is -2.45. The molecule has 0 spiro atoms. The Labute approximate surface area is 177 Å². The maximum absolute atomic E-state index is 13.2. The SMILES string of the molecule is COC(=O)[C@H](C[C@@H]1CCCNC1=O)NC(=O)[C@H](CC(C)C)N1C(=O)CC(C)(C)C1=O. The van der Waals surface area contributed by atoms with Crippen molar-refractivity contribution in [3.05, 3.63) is 0 Å². The lowest BCUT2D eigenvalue weighted by Crippen LogP contribution is -2.55. The fourth-order valence-corrected chi connectivity index (χ4v) is 4.04. The van der Waals surface area contributed by atoms with Crippen molar-refractivity contribution in [2.24, 2.45) is 17.3 Å². The van der Waals surface area contributed by atoms with Gasteiger partial charge in [-0.2, -0.15) is 0 Å². The Morgan fingerprint density at radius 1 is 1.27 bits per heavy atom. The Balaban J connectivity index is 2.22. The van der Waals surface area contributed by atoms with Crippen LogP contribution in [0.5, 0.6) is 0 Å². The van der Waals surface area contributed by atoms with E-state index < -0.39 is 47.1 Å². The number of methoxy groups -OCH3 is 1. The normalized spacial score (nSPS) is 23.2. The lowest BCUT2D eigenvalue weighted by molar-refractivity contribution is -0.151. The minimum atomic E-state index is -1.04. The number of piperidine rings is 1. The molecule has 0 aromatic rings. The summed E-state index contributed by atoms with van der Waals surface area (Å²) in [5.74, 6) is -2.58. The topological polar surface area (TPSA) is 122 Å². The van der Waals surface area contributed by atoms with Crippen LogP contribution in [0, 0.1) is 17.3 Å². The number of imide groups is 1. The zero-order valence-corrected chi connectivity index (χ0v) is 18.4. The minimum Gasteiger partial charge on any atom is -0.467 e. The molecule has 0 radical (unpaired) electrons. The van der Waals surface area contributed by atoms with E-state index in [1.54, 1.807) is 13.8 Å². The molecular weight excluding hydrogens is 390 g/mol. The van der Waals surface area contributed by atoms with Crippen molar-refractivity contribution in [3.63, 3.8) is 0 Å². The van der Waals surface area contributed by atoms with E-state index >= 15 is 0 Å². The molecule has 0 unspecified atom stereocenters. The van der Waals surface area contributed by atoms with Crippen molar-refractivity contribution in [2.45, 2.75) is 71.9 Å². The molecule has 9 heteroatoms. The quantitative estimate of drug-likeness (QED) is 0.439. The first-order valence-electron chi connectivity index (χ1n) is 10.5. The number of carbonyl (C=O) groups is 5. The fraction of sp³-hybridized carbons (Fsp3) is 0.762. The van der Waals surface area contributed by atoms with Crippen molar-refractivity contribution in [1.29, 1.82) is 0 Å². The molecule has 2 heterocycles. The molecular formula is C21H33N3O6. The predicted molar refractivity (Wildman–Crippen MR) is 108 cm³/mol. The van der Waals surface area contributed by atoms with Crippen LogP contribution in [0.3, 0.4) is 0 Å². The van der Waals surface area contributed by atoms with Gasteiger partial charge in [0.1, 0.15) is 12.1 Å². The highest BCUT2D eigenvalue weighted by atomic mass is 16.5. The average Bonchev–Trinajstić information content (AvgIpc) is 2.87. The van der Waals surface area contributed by atoms with Crippen LogP contribution in [0.4, 0.5) is 0 Å². The molecule has 3 atom stereocenters. The van der Waals surface area contributed by atoms with Gasteiger partial charge in [-0.1, -0.05) is 27.7 Å². The van der Waals surface area contributed by atoms with E-state index in [0.717, 1.165) is 11.3 Å². The number of likely N-dealkylation sites (tertiary alicyclic amines) is 1. The molecule has 30 heavy (non-hydrogen) atoms. The number of amides is 4. The van der Waals surface area contributed by atoms with Crippen LogP contribution in [0.2, 0.25) is 0 Å². The molecule has 168 valence electrons. The van der Waals surface area contributed by atoms with Gasteiger partial charge in [-0.15, -0.1) is 0 Å². The van der Waals surface area contributed by atoms with E-state index in [9.17, 15) is 24.0 Å². The van der Waals surface area contributed by atoms with Gasteiger partial charge in [-0.3, -0.25) is 24.1 Å². The lowest BCUT2D eigenvalue weighted by Gasteiger charge is -2.30.